The predicted molar refractivity (Wildman–Crippen MR) is 70.3 cm³/mol. The van der Waals surface area contributed by atoms with Crippen molar-refractivity contribution in [3.05, 3.63) is 47.2 Å². The Labute approximate surface area is 117 Å². The number of aromatic nitrogens is 2. The van der Waals surface area contributed by atoms with Gasteiger partial charge >= 0.3 is 12.0 Å². The van der Waals surface area contributed by atoms with E-state index < -0.39 is 5.97 Å². The van der Waals surface area contributed by atoms with E-state index >= 15 is 0 Å². The van der Waals surface area contributed by atoms with Crippen LogP contribution in [0.5, 0.6) is 11.8 Å². The minimum Gasteiger partial charge on any atom is -0.478 e. The third-order valence-corrected chi connectivity index (χ3v) is 2.71. The van der Waals surface area contributed by atoms with Crippen molar-refractivity contribution in [1.29, 1.82) is 0 Å². The van der Waals surface area contributed by atoms with Gasteiger partial charge in [-0.25, -0.2) is 4.79 Å². The standard InChI is InChI=1S/C13H7ClN2O4/c14-8-4-9(6-15-5-8)19-13-16-10-2-1-7(12(17)18)3-11(10)20-13/h1-6H,(H,17,18). The van der Waals surface area contributed by atoms with Crippen LogP contribution < -0.4 is 4.74 Å². The Kier molecular flexibility index (Phi) is 3.00. The molecule has 0 aliphatic carbocycles. The maximum absolute atomic E-state index is 10.9. The van der Waals surface area contributed by atoms with E-state index in [1.54, 1.807) is 12.1 Å². The lowest BCUT2D eigenvalue weighted by Crippen LogP contribution is -1.94. The molecule has 0 fully saturated rings. The Hall–Kier alpha value is -2.60. The fourth-order valence-electron chi connectivity index (χ4n) is 1.63. The van der Waals surface area contributed by atoms with Crippen LogP contribution in [0.15, 0.2) is 41.1 Å². The van der Waals surface area contributed by atoms with Crippen LogP contribution in [0.25, 0.3) is 11.1 Å². The van der Waals surface area contributed by atoms with E-state index in [0.717, 1.165) is 0 Å². The summed E-state index contributed by atoms with van der Waals surface area (Å²) in [6.07, 6.45) is 2.93. The lowest BCUT2D eigenvalue weighted by Gasteiger charge is -1.98. The molecule has 0 saturated carbocycles. The van der Waals surface area contributed by atoms with Crippen molar-refractivity contribution in [2.24, 2.45) is 0 Å². The molecule has 2 heterocycles. The number of carboxylic acids is 1. The van der Waals surface area contributed by atoms with Crippen LogP contribution in [0.4, 0.5) is 0 Å². The van der Waals surface area contributed by atoms with E-state index in [-0.39, 0.29) is 11.6 Å². The molecule has 0 unspecified atom stereocenters. The van der Waals surface area contributed by atoms with Crippen LogP contribution in [0.1, 0.15) is 10.4 Å². The van der Waals surface area contributed by atoms with Crippen molar-refractivity contribution >= 4 is 28.7 Å². The summed E-state index contributed by atoms with van der Waals surface area (Å²) in [5.74, 6) is -0.660. The lowest BCUT2D eigenvalue weighted by molar-refractivity contribution is 0.0697. The topological polar surface area (TPSA) is 85.5 Å². The van der Waals surface area contributed by atoms with Gasteiger partial charge in [0.25, 0.3) is 0 Å². The second kappa shape index (κ2) is 4.82. The van der Waals surface area contributed by atoms with E-state index in [1.165, 1.54) is 24.5 Å². The SMILES string of the molecule is O=C(O)c1ccc2nc(Oc3cncc(Cl)c3)oc2c1. The first kappa shape index (κ1) is 12.4. The highest BCUT2D eigenvalue weighted by Crippen LogP contribution is 2.26. The van der Waals surface area contributed by atoms with E-state index in [4.69, 9.17) is 25.9 Å². The average molecular weight is 291 g/mol. The Balaban J connectivity index is 1.95. The number of carboxylic acid groups (broad SMARTS) is 1. The Morgan fingerprint density at radius 3 is 2.90 bits per heavy atom. The molecule has 1 aromatic carbocycles. The van der Waals surface area contributed by atoms with E-state index in [9.17, 15) is 4.79 Å². The smallest absolute Gasteiger partial charge is 0.400 e. The molecule has 3 rings (SSSR count). The fourth-order valence-corrected chi connectivity index (χ4v) is 1.79. The van der Waals surface area contributed by atoms with Crippen LogP contribution in [-0.4, -0.2) is 21.0 Å². The monoisotopic (exact) mass is 290 g/mol. The van der Waals surface area contributed by atoms with Crippen LogP contribution in [0, 0.1) is 0 Å². The predicted octanol–water partition coefficient (Wildman–Crippen LogP) is 3.37. The van der Waals surface area contributed by atoms with Crippen molar-refractivity contribution in [1.82, 2.24) is 9.97 Å². The van der Waals surface area contributed by atoms with Gasteiger partial charge in [-0.3, -0.25) is 4.98 Å². The first-order valence-corrected chi connectivity index (χ1v) is 5.92. The summed E-state index contributed by atoms with van der Waals surface area (Å²) in [7, 11) is 0. The number of ether oxygens (including phenoxy) is 1. The number of fused-ring (bicyclic) bond motifs is 1. The van der Waals surface area contributed by atoms with Crippen molar-refractivity contribution in [2.45, 2.75) is 0 Å². The number of hydrogen-bond donors (Lipinski definition) is 1. The summed E-state index contributed by atoms with van der Waals surface area (Å²) in [5.41, 5.74) is 0.944. The highest BCUT2D eigenvalue weighted by Gasteiger charge is 2.11. The Morgan fingerprint density at radius 1 is 1.30 bits per heavy atom. The summed E-state index contributed by atoms with van der Waals surface area (Å²) in [6.45, 7) is 0. The number of nitrogens with zero attached hydrogens (tertiary/aromatic N) is 2. The zero-order chi connectivity index (χ0) is 14.1. The molecule has 100 valence electrons. The molecular formula is C13H7ClN2O4. The van der Waals surface area contributed by atoms with Gasteiger partial charge in [0.2, 0.25) is 0 Å². The van der Waals surface area contributed by atoms with Gasteiger partial charge in [-0.05, 0) is 18.2 Å². The maximum atomic E-state index is 10.9. The van der Waals surface area contributed by atoms with E-state index in [0.29, 0.717) is 21.9 Å². The number of rotatable bonds is 3. The van der Waals surface area contributed by atoms with Gasteiger partial charge in [-0.1, -0.05) is 11.6 Å². The number of hydrogen-bond acceptors (Lipinski definition) is 5. The molecule has 3 aromatic rings. The Morgan fingerprint density at radius 2 is 2.15 bits per heavy atom. The van der Waals surface area contributed by atoms with Gasteiger partial charge in [-0.15, -0.1) is 0 Å². The summed E-state index contributed by atoms with van der Waals surface area (Å²) in [6, 6.07) is 5.93. The van der Waals surface area contributed by atoms with Crippen molar-refractivity contribution < 1.29 is 19.1 Å². The molecule has 0 aliphatic heterocycles. The van der Waals surface area contributed by atoms with Crippen LogP contribution in [0.3, 0.4) is 0 Å². The highest BCUT2D eigenvalue weighted by molar-refractivity contribution is 6.30. The Bertz CT molecular complexity index is 800. The average Bonchev–Trinajstić information content (AvgIpc) is 2.79. The number of aromatic carboxylic acids is 1. The molecule has 1 N–H and O–H groups in total. The van der Waals surface area contributed by atoms with Gasteiger partial charge in [-0.2, -0.15) is 4.98 Å². The fraction of sp³-hybridized carbons (Fsp3) is 0. The molecule has 2 aromatic heterocycles. The van der Waals surface area contributed by atoms with Crippen LogP contribution >= 0.6 is 11.6 Å². The molecule has 0 spiro atoms. The summed E-state index contributed by atoms with van der Waals surface area (Å²) in [4.78, 5) is 18.8. The van der Waals surface area contributed by atoms with Crippen LogP contribution in [0.2, 0.25) is 5.02 Å². The highest BCUT2D eigenvalue weighted by atomic mass is 35.5. The first-order chi connectivity index (χ1) is 9.61. The first-order valence-electron chi connectivity index (χ1n) is 5.54. The number of pyridine rings is 1. The molecule has 0 aliphatic rings. The van der Waals surface area contributed by atoms with Gasteiger partial charge in [0.15, 0.2) is 11.3 Å². The van der Waals surface area contributed by atoms with Crippen LogP contribution in [-0.2, 0) is 0 Å². The second-order valence-corrected chi connectivity index (χ2v) is 4.34. The molecule has 0 radical (unpaired) electrons. The third-order valence-electron chi connectivity index (χ3n) is 2.50. The van der Waals surface area contributed by atoms with Gasteiger partial charge in [0.1, 0.15) is 5.52 Å². The molecular weight excluding hydrogens is 284 g/mol. The van der Waals surface area contributed by atoms with Crippen molar-refractivity contribution in [3.63, 3.8) is 0 Å². The zero-order valence-corrected chi connectivity index (χ0v) is 10.7. The van der Waals surface area contributed by atoms with Gasteiger partial charge < -0.3 is 14.3 Å². The molecule has 0 amide bonds. The summed E-state index contributed by atoms with van der Waals surface area (Å²) < 4.78 is 10.7. The van der Waals surface area contributed by atoms with E-state index in [2.05, 4.69) is 9.97 Å². The molecule has 0 atom stereocenters. The summed E-state index contributed by atoms with van der Waals surface area (Å²) in [5, 5.41) is 9.32. The van der Waals surface area contributed by atoms with Gasteiger partial charge in [0.05, 0.1) is 16.8 Å². The summed E-state index contributed by atoms with van der Waals surface area (Å²) >= 11 is 5.79. The number of halogens is 1. The van der Waals surface area contributed by atoms with Crippen molar-refractivity contribution in [2.75, 3.05) is 0 Å². The minimum absolute atomic E-state index is 0.00777. The molecule has 20 heavy (non-hydrogen) atoms. The number of benzene rings is 1. The molecule has 0 saturated heterocycles. The molecule has 6 nitrogen and oxygen atoms in total. The minimum atomic E-state index is -1.04. The third kappa shape index (κ3) is 2.41. The quantitative estimate of drug-likeness (QED) is 0.796. The molecule has 0 bridgehead atoms. The largest absolute Gasteiger partial charge is 0.478 e. The van der Waals surface area contributed by atoms with E-state index in [1.807, 2.05) is 0 Å². The lowest BCUT2D eigenvalue weighted by atomic mass is 10.2. The van der Waals surface area contributed by atoms with Gasteiger partial charge in [0, 0.05) is 12.3 Å². The van der Waals surface area contributed by atoms with Crippen molar-refractivity contribution in [3.8, 4) is 11.8 Å². The number of carbonyl (C=O) groups is 1. The zero-order valence-electron chi connectivity index (χ0n) is 9.91. The normalized spacial score (nSPS) is 10.7. The maximum Gasteiger partial charge on any atom is 0.400 e. The molecule has 7 heteroatoms. The number of oxazole rings is 1. The second-order valence-electron chi connectivity index (χ2n) is 3.91.